The first-order chi connectivity index (χ1) is 17.8. The molecule has 2 aliphatic heterocycles. The van der Waals surface area contributed by atoms with Crippen molar-refractivity contribution in [3.05, 3.63) is 53.6 Å². The molecule has 5 rings (SSSR count). The molecule has 1 amide bonds. The van der Waals surface area contributed by atoms with Crippen molar-refractivity contribution in [1.29, 1.82) is 0 Å². The Labute approximate surface area is 213 Å². The SMILES string of the molecule is C[C@@H](Nc1nnnc2ccc(N3CCN(C(=O)C4CCNCC4)CC3)cc12)c1cccc(C(F)(F)F)c1. The van der Waals surface area contributed by atoms with E-state index in [-0.39, 0.29) is 11.8 Å². The maximum atomic E-state index is 13.2. The Morgan fingerprint density at radius 3 is 2.54 bits per heavy atom. The lowest BCUT2D eigenvalue weighted by Gasteiger charge is -2.38. The predicted octanol–water partition coefficient (Wildman–Crippen LogP) is 3.86. The van der Waals surface area contributed by atoms with Crippen LogP contribution in [0.5, 0.6) is 0 Å². The van der Waals surface area contributed by atoms with Crippen molar-refractivity contribution in [2.24, 2.45) is 5.92 Å². The fourth-order valence-corrected chi connectivity index (χ4v) is 5.06. The molecule has 2 saturated heterocycles. The minimum atomic E-state index is -4.41. The molecule has 0 radical (unpaired) electrons. The van der Waals surface area contributed by atoms with Crippen LogP contribution >= 0.6 is 0 Å². The molecular weight excluding hydrogens is 483 g/mol. The third kappa shape index (κ3) is 5.61. The summed E-state index contributed by atoms with van der Waals surface area (Å²) in [6, 6.07) is 10.6. The van der Waals surface area contributed by atoms with Crippen LogP contribution in [-0.4, -0.2) is 65.5 Å². The second-order valence-corrected chi connectivity index (χ2v) is 9.67. The van der Waals surface area contributed by atoms with E-state index in [1.165, 1.54) is 6.07 Å². The molecule has 0 unspecified atom stereocenters. The minimum Gasteiger partial charge on any atom is -0.368 e. The number of nitrogens with one attached hydrogen (secondary N) is 2. The average Bonchev–Trinajstić information content (AvgIpc) is 2.93. The van der Waals surface area contributed by atoms with Crippen LogP contribution in [0, 0.1) is 5.92 Å². The van der Waals surface area contributed by atoms with Crippen LogP contribution in [0.3, 0.4) is 0 Å². The molecule has 1 atom stereocenters. The topological polar surface area (TPSA) is 86.3 Å². The number of halogens is 3. The van der Waals surface area contributed by atoms with Gasteiger partial charge in [0.15, 0.2) is 5.82 Å². The number of hydrogen-bond acceptors (Lipinski definition) is 7. The summed E-state index contributed by atoms with van der Waals surface area (Å²) >= 11 is 0. The van der Waals surface area contributed by atoms with E-state index in [9.17, 15) is 18.0 Å². The van der Waals surface area contributed by atoms with Gasteiger partial charge in [0.05, 0.1) is 17.1 Å². The van der Waals surface area contributed by atoms with Gasteiger partial charge in [-0.1, -0.05) is 12.1 Å². The summed E-state index contributed by atoms with van der Waals surface area (Å²) in [7, 11) is 0. The Morgan fingerprint density at radius 2 is 1.81 bits per heavy atom. The minimum absolute atomic E-state index is 0.116. The van der Waals surface area contributed by atoms with Gasteiger partial charge in [0, 0.05) is 43.2 Å². The van der Waals surface area contributed by atoms with Gasteiger partial charge < -0.3 is 20.4 Å². The van der Waals surface area contributed by atoms with Gasteiger partial charge >= 0.3 is 6.18 Å². The van der Waals surface area contributed by atoms with E-state index in [2.05, 4.69) is 30.9 Å². The molecule has 2 aliphatic rings. The highest BCUT2D eigenvalue weighted by atomic mass is 19.4. The lowest BCUT2D eigenvalue weighted by atomic mass is 9.96. The van der Waals surface area contributed by atoms with Crippen LogP contribution in [0.1, 0.15) is 36.9 Å². The molecule has 11 heteroatoms. The number of carbonyl (C=O) groups excluding carboxylic acids is 1. The van der Waals surface area contributed by atoms with Gasteiger partial charge in [-0.3, -0.25) is 4.79 Å². The summed E-state index contributed by atoms with van der Waals surface area (Å²) in [6.45, 7) is 6.36. The Hall–Kier alpha value is -3.47. The lowest BCUT2D eigenvalue weighted by Crippen LogP contribution is -2.51. The Kier molecular flexibility index (Phi) is 7.14. The van der Waals surface area contributed by atoms with Crippen molar-refractivity contribution in [3.8, 4) is 0 Å². The fraction of sp³-hybridized carbons (Fsp3) is 0.462. The second kappa shape index (κ2) is 10.5. The number of anilines is 2. The third-order valence-electron chi connectivity index (χ3n) is 7.24. The van der Waals surface area contributed by atoms with E-state index in [1.807, 2.05) is 23.1 Å². The smallest absolute Gasteiger partial charge is 0.368 e. The van der Waals surface area contributed by atoms with Gasteiger partial charge in [-0.05, 0) is 74.0 Å². The summed E-state index contributed by atoms with van der Waals surface area (Å²) in [6.07, 6.45) is -2.62. The maximum absolute atomic E-state index is 13.2. The van der Waals surface area contributed by atoms with Gasteiger partial charge in [-0.25, -0.2) is 0 Å². The molecule has 2 aromatic carbocycles. The maximum Gasteiger partial charge on any atom is 0.416 e. The van der Waals surface area contributed by atoms with E-state index in [4.69, 9.17) is 0 Å². The lowest BCUT2D eigenvalue weighted by molar-refractivity contribution is -0.138. The van der Waals surface area contributed by atoms with Crippen LogP contribution in [0.4, 0.5) is 24.7 Å². The summed E-state index contributed by atoms with van der Waals surface area (Å²) in [5, 5.41) is 19.3. The Bertz CT molecular complexity index is 1250. The number of piperidine rings is 1. The molecular formula is C26H30F3N7O. The number of carbonyl (C=O) groups is 1. The number of piperazine rings is 1. The van der Waals surface area contributed by atoms with Gasteiger partial charge in [0.2, 0.25) is 5.91 Å². The number of benzene rings is 2. The molecule has 3 heterocycles. The highest BCUT2D eigenvalue weighted by Crippen LogP contribution is 2.32. The normalized spacial score (nSPS) is 18.2. The van der Waals surface area contributed by atoms with Crippen molar-refractivity contribution in [2.75, 3.05) is 49.5 Å². The van der Waals surface area contributed by atoms with Crippen molar-refractivity contribution >= 4 is 28.3 Å². The summed E-state index contributed by atoms with van der Waals surface area (Å²) < 4.78 is 39.5. The Balaban J connectivity index is 1.30. The van der Waals surface area contributed by atoms with Crippen LogP contribution in [-0.2, 0) is 11.0 Å². The first-order valence-electron chi connectivity index (χ1n) is 12.6. The van der Waals surface area contributed by atoms with Gasteiger partial charge in [0.25, 0.3) is 0 Å². The van der Waals surface area contributed by atoms with E-state index in [0.717, 1.165) is 62.2 Å². The van der Waals surface area contributed by atoms with Crippen LogP contribution < -0.4 is 15.5 Å². The monoisotopic (exact) mass is 513 g/mol. The molecule has 3 aromatic rings. The molecule has 0 bridgehead atoms. The number of rotatable bonds is 5. The van der Waals surface area contributed by atoms with Crippen LogP contribution in [0.15, 0.2) is 42.5 Å². The predicted molar refractivity (Wildman–Crippen MR) is 135 cm³/mol. The van der Waals surface area contributed by atoms with E-state index >= 15 is 0 Å². The fourth-order valence-electron chi connectivity index (χ4n) is 5.06. The van der Waals surface area contributed by atoms with Crippen molar-refractivity contribution < 1.29 is 18.0 Å². The van der Waals surface area contributed by atoms with E-state index in [0.29, 0.717) is 30.0 Å². The first kappa shape index (κ1) is 25.2. The summed E-state index contributed by atoms with van der Waals surface area (Å²) in [4.78, 5) is 17.1. The van der Waals surface area contributed by atoms with Crippen LogP contribution in [0.2, 0.25) is 0 Å². The number of aromatic nitrogens is 3. The van der Waals surface area contributed by atoms with E-state index in [1.54, 1.807) is 13.0 Å². The number of fused-ring (bicyclic) bond motifs is 1. The molecule has 37 heavy (non-hydrogen) atoms. The summed E-state index contributed by atoms with van der Waals surface area (Å²) in [5.74, 6) is 0.830. The highest BCUT2D eigenvalue weighted by molar-refractivity contribution is 5.91. The molecule has 196 valence electrons. The van der Waals surface area contributed by atoms with E-state index < -0.39 is 17.8 Å². The first-order valence-corrected chi connectivity index (χ1v) is 12.6. The zero-order chi connectivity index (χ0) is 26.0. The Morgan fingerprint density at radius 1 is 1.05 bits per heavy atom. The number of nitrogens with zero attached hydrogens (tertiary/aromatic N) is 5. The third-order valence-corrected chi connectivity index (χ3v) is 7.24. The van der Waals surface area contributed by atoms with Gasteiger partial charge in [-0.2, -0.15) is 13.2 Å². The highest BCUT2D eigenvalue weighted by Gasteiger charge is 2.31. The molecule has 0 aliphatic carbocycles. The zero-order valence-electron chi connectivity index (χ0n) is 20.6. The number of hydrogen-bond donors (Lipinski definition) is 2. The molecule has 2 N–H and O–H groups in total. The summed E-state index contributed by atoms with van der Waals surface area (Å²) in [5.41, 5.74) is 1.42. The van der Waals surface area contributed by atoms with Crippen LogP contribution in [0.25, 0.3) is 10.9 Å². The molecule has 1 aromatic heterocycles. The van der Waals surface area contributed by atoms with Gasteiger partial charge in [-0.15, -0.1) is 10.2 Å². The standard InChI is InChI=1S/C26H30F3N7O/c1-17(19-3-2-4-20(15-19)26(27,28)29)31-24-22-16-21(5-6-23(22)32-34-33-24)35-11-13-36(14-12-35)25(37)18-7-9-30-10-8-18/h2-6,15-18,30H,7-14H2,1H3,(H,31,32,33)/t17-/m1/s1. The number of alkyl halides is 3. The van der Waals surface area contributed by atoms with Gasteiger partial charge in [0.1, 0.15) is 0 Å². The van der Waals surface area contributed by atoms with Crippen molar-refractivity contribution in [1.82, 2.24) is 25.6 Å². The average molecular weight is 514 g/mol. The zero-order valence-corrected chi connectivity index (χ0v) is 20.6. The van der Waals surface area contributed by atoms with Crippen molar-refractivity contribution in [2.45, 2.75) is 32.0 Å². The molecule has 0 spiro atoms. The number of amides is 1. The molecule has 0 saturated carbocycles. The molecule has 2 fully saturated rings. The molecule has 8 nitrogen and oxygen atoms in total. The quantitative estimate of drug-likeness (QED) is 0.536. The largest absolute Gasteiger partial charge is 0.416 e. The second-order valence-electron chi connectivity index (χ2n) is 9.67. The van der Waals surface area contributed by atoms with Crippen molar-refractivity contribution in [3.63, 3.8) is 0 Å².